The second-order valence-electron chi connectivity index (χ2n) is 5.73. The predicted octanol–water partition coefficient (Wildman–Crippen LogP) is 3.18. The lowest BCUT2D eigenvalue weighted by Crippen LogP contribution is -2.17. The third-order valence-corrected chi connectivity index (χ3v) is 3.51. The van der Waals surface area contributed by atoms with Gasteiger partial charge < -0.3 is 14.2 Å². The Morgan fingerprint density at radius 2 is 1.61 bits per heavy atom. The van der Waals surface area contributed by atoms with Crippen molar-refractivity contribution in [1.82, 2.24) is 5.43 Å². The lowest BCUT2D eigenvalue weighted by atomic mass is 10.2. The van der Waals surface area contributed by atoms with Gasteiger partial charge in [-0.25, -0.2) is 10.2 Å². The molecule has 0 saturated carbocycles. The fraction of sp³-hybridized carbons (Fsp3) is 0.286. The molecular formula is C21H24N2O5. The summed E-state index contributed by atoms with van der Waals surface area (Å²) in [7, 11) is 0. The lowest BCUT2D eigenvalue weighted by molar-refractivity contribution is -0.145. The number of hydrogen-bond donors (Lipinski definition) is 1. The molecule has 7 heteroatoms. The molecule has 28 heavy (non-hydrogen) atoms. The highest BCUT2D eigenvalue weighted by Crippen LogP contribution is 2.13. The van der Waals surface area contributed by atoms with Crippen LogP contribution in [0.2, 0.25) is 0 Å². The lowest BCUT2D eigenvalue weighted by Gasteiger charge is -2.06. The Morgan fingerprint density at radius 1 is 0.964 bits per heavy atom. The first-order valence-electron chi connectivity index (χ1n) is 9.07. The zero-order chi connectivity index (χ0) is 20.2. The van der Waals surface area contributed by atoms with Crippen molar-refractivity contribution >= 4 is 18.1 Å². The van der Waals surface area contributed by atoms with Gasteiger partial charge in [-0.15, -0.1) is 0 Å². The SMILES string of the molecule is CCCOc1ccc(C(=O)N/N=C\c2ccc(OCC(=O)OCC)cc2)cc1. The van der Waals surface area contributed by atoms with Crippen molar-refractivity contribution in [3.63, 3.8) is 0 Å². The van der Waals surface area contributed by atoms with Gasteiger partial charge in [-0.3, -0.25) is 4.79 Å². The van der Waals surface area contributed by atoms with Crippen LogP contribution in [0.1, 0.15) is 36.2 Å². The summed E-state index contributed by atoms with van der Waals surface area (Å²) < 4.78 is 15.6. The van der Waals surface area contributed by atoms with Crippen LogP contribution in [0.15, 0.2) is 53.6 Å². The number of esters is 1. The minimum absolute atomic E-state index is 0.139. The number of nitrogens with one attached hydrogen (secondary N) is 1. The molecule has 0 saturated heterocycles. The van der Waals surface area contributed by atoms with E-state index < -0.39 is 5.97 Å². The van der Waals surface area contributed by atoms with Crippen molar-refractivity contribution in [2.45, 2.75) is 20.3 Å². The molecular weight excluding hydrogens is 360 g/mol. The molecule has 1 N–H and O–H groups in total. The maximum absolute atomic E-state index is 12.1. The third kappa shape index (κ3) is 7.11. The molecule has 0 unspecified atom stereocenters. The van der Waals surface area contributed by atoms with Crippen LogP contribution in [0.4, 0.5) is 0 Å². The predicted molar refractivity (Wildman–Crippen MR) is 106 cm³/mol. The van der Waals surface area contributed by atoms with E-state index in [0.717, 1.165) is 17.7 Å². The van der Waals surface area contributed by atoms with E-state index in [1.54, 1.807) is 55.5 Å². The molecule has 0 spiro atoms. The minimum atomic E-state index is -0.416. The van der Waals surface area contributed by atoms with Crippen LogP contribution in [0.3, 0.4) is 0 Å². The molecule has 0 fully saturated rings. The van der Waals surface area contributed by atoms with E-state index in [1.807, 2.05) is 6.92 Å². The molecule has 148 valence electrons. The van der Waals surface area contributed by atoms with E-state index in [0.29, 0.717) is 24.5 Å². The van der Waals surface area contributed by atoms with Crippen molar-refractivity contribution in [3.05, 3.63) is 59.7 Å². The van der Waals surface area contributed by atoms with Crippen LogP contribution in [0.25, 0.3) is 0 Å². The molecule has 1 amide bonds. The van der Waals surface area contributed by atoms with E-state index >= 15 is 0 Å². The summed E-state index contributed by atoms with van der Waals surface area (Å²) in [6.45, 7) is 4.59. The van der Waals surface area contributed by atoms with Crippen LogP contribution in [-0.2, 0) is 9.53 Å². The van der Waals surface area contributed by atoms with E-state index in [1.165, 1.54) is 6.21 Å². The molecule has 0 aromatic heterocycles. The summed E-state index contributed by atoms with van der Waals surface area (Å²) in [6.07, 6.45) is 2.45. The highest BCUT2D eigenvalue weighted by atomic mass is 16.6. The van der Waals surface area contributed by atoms with Crippen LogP contribution in [0.5, 0.6) is 11.5 Å². The molecule has 0 aliphatic carbocycles. The maximum Gasteiger partial charge on any atom is 0.344 e. The van der Waals surface area contributed by atoms with Crippen LogP contribution < -0.4 is 14.9 Å². The number of ether oxygens (including phenoxy) is 3. The first-order chi connectivity index (χ1) is 13.6. The molecule has 0 heterocycles. The highest BCUT2D eigenvalue weighted by Gasteiger charge is 2.05. The number of hydrogen-bond acceptors (Lipinski definition) is 6. The summed E-state index contributed by atoms with van der Waals surface area (Å²) in [5.74, 6) is 0.542. The van der Waals surface area contributed by atoms with Crippen molar-refractivity contribution in [2.24, 2.45) is 5.10 Å². The maximum atomic E-state index is 12.1. The van der Waals surface area contributed by atoms with E-state index in [9.17, 15) is 9.59 Å². The van der Waals surface area contributed by atoms with Crippen LogP contribution in [0, 0.1) is 0 Å². The molecule has 2 aromatic carbocycles. The van der Waals surface area contributed by atoms with Gasteiger partial charge in [0, 0.05) is 5.56 Å². The van der Waals surface area contributed by atoms with E-state index in [4.69, 9.17) is 14.2 Å². The van der Waals surface area contributed by atoms with E-state index in [2.05, 4.69) is 10.5 Å². The van der Waals surface area contributed by atoms with Gasteiger partial charge in [0.15, 0.2) is 6.61 Å². The van der Waals surface area contributed by atoms with Gasteiger partial charge in [-0.2, -0.15) is 5.10 Å². The first kappa shape index (κ1) is 21.0. The summed E-state index contributed by atoms with van der Waals surface area (Å²) in [4.78, 5) is 23.3. The zero-order valence-corrected chi connectivity index (χ0v) is 16.0. The number of carbonyl (C=O) groups excluding carboxylic acids is 2. The molecule has 0 aliphatic heterocycles. The normalized spacial score (nSPS) is 10.5. The van der Waals surface area contributed by atoms with Gasteiger partial charge in [-0.05, 0) is 67.4 Å². The Labute approximate surface area is 164 Å². The Hall–Kier alpha value is -3.35. The second kappa shape index (κ2) is 11.4. The van der Waals surface area contributed by atoms with Crippen molar-refractivity contribution in [3.8, 4) is 11.5 Å². The Kier molecular flexibility index (Phi) is 8.52. The van der Waals surface area contributed by atoms with E-state index in [-0.39, 0.29) is 12.5 Å². The molecule has 0 aliphatic rings. The molecule has 0 bridgehead atoms. The second-order valence-corrected chi connectivity index (χ2v) is 5.73. The Morgan fingerprint density at radius 3 is 2.25 bits per heavy atom. The van der Waals surface area contributed by atoms with Crippen molar-refractivity contribution < 1.29 is 23.8 Å². The topological polar surface area (TPSA) is 86.2 Å². The quantitative estimate of drug-likeness (QED) is 0.386. The standard InChI is InChI=1S/C21H24N2O5/c1-3-13-27-18-11-7-17(8-12-18)21(25)23-22-14-16-5-9-19(10-6-16)28-15-20(24)26-4-2/h5-12,14H,3-4,13,15H2,1-2H3,(H,23,25)/b22-14-. The molecule has 0 radical (unpaired) electrons. The highest BCUT2D eigenvalue weighted by molar-refractivity contribution is 5.95. The average molecular weight is 384 g/mol. The third-order valence-electron chi connectivity index (χ3n) is 3.51. The van der Waals surface area contributed by atoms with Gasteiger partial charge in [0.1, 0.15) is 11.5 Å². The molecule has 2 aromatic rings. The Bertz CT molecular complexity index is 785. The molecule has 2 rings (SSSR count). The van der Waals surface area contributed by atoms with Gasteiger partial charge in [0.2, 0.25) is 0 Å². The monoisotopic (exact) mass is 384 g/mol. The van der Waals surface area contributed by atoms with Crippen LogP contribution in [-0.4, -0.2) is 37.9 Å². The Balaban J connectivity index is 1.81. The van der Waals surface area contributed by atoms with Crippen molar-refractivity contribution in [1.29, 1.82) is 0 Å². The summed E-state index contributed by atoms with van der Waals surface area (Å²) in [5, 5.41) is 3.95. The largest absolute Gasteiger partial charge is 0.494 e. The fourth-order valence-electron chi connectivity index (χ4n) is 2.15. The number of hydrazone groups is 1. The summed E-state index contributed by atoms with van der Waals surface area (Å²) in [5.41, 5.74) is 3.74. The molecule has 0 atom stereocenters. The number of rotatable bonds is 10. The zero-order valence-electron chi connectivity index (χ0n) is 16.0. The van der Waals surface area contributed by atoms with Gasteiger partial charge in [0.25, 0.3) is 5.91 Å². The number of carbonyl (C=O) groups is 2. The number of nitrogens with zero attached hydrogens (tertiary/aromatic N) is 1. The van der Waals surface area contributed by atoms with Gasteiger partial charge in [0.05, 0.1) is 19.4 Å². The van der Waals surface area contributed by atoms with Gasteiger partial charge in [-0.1, -0.05) is 6.92 Å². The number of benzene rings is 2. The summed E-state index contributed by atoms with van der Waals surface area (Å²) in [6, 6.07) is 13.8. The smallest absolute Gasteiger partial charge is 0.344 e. The van der Waals surface area contributed by atoms with Crippen molar-refractivity contribution in [2.75, 3.05) is 19.8 Å². The fourth-order valence-corrected chi connectivity index (χ4v) is 2.15. The first-order valence-corrected chi connectivity index (χ1v) is 9.07. The minimum Gasteiger partial charge on any atom is -0.494 e. The average Bonchev–Trinajstić information content (AvgIpc) is 2.72. The van der Waals surface area contributed by atoms with Gasteiger partial charge >= 0.3 is 5.97 Å². The van der Waals surface area contributed by atoms with Crippen LogP contribution >= 0.6 is 0 Å². The summed E-state index contributed by atoms with van der Waals surface area (Å²) >= 11 is 0. The molecule has 7 nitrogen and oxygen atoms in total. The number of amides is 1.